The number of fused-ring (bicyclic) bond motifs is 2. The Labute approximate surface area is 224 Å². The van der Waals surface area contributed by atoms with Crippen LogP contribution in [0.25, 0.3) is 10.8 Å². The zero-order valence-electron chi connectivity index (χ0n) is 21.6. The molecule has 0 spiro atoms. The maximum atomic E-state index is 13.8. The van der Waals surface area contributed by atoms with Gasteiger partial charge in [-0.2, -0.15) is 0 Å². The summed E-state index contributed by atoms with van der Waals surface area (Å²) in [5.41, 5.74) is 3.73. The molecule has 1 aliphatic carbocycles. The van der Waals surface area contributed by atoms with Gasteiger partial charge >= 0.3 is 0 Å². The Hall–Kier alpha value is -3.96. The van der Waals surface area contributed by atoms with E-state index in [0.29, 0.717) is 19.6 Å². The average molecular weight is 504 g/mol. The van der Waals surface area contributed by atoms with Gasteiger partial charge in [-0.1, -0.05) is 109 Å². The Morgan fingerprint density at radius 3 is 2.55 bits per heavy atom. The summed E-state index contributed by atoms with van der Waals surface area (Å²) in [5.74, 6) is 0.338. The van der Waals surface area contributed by atoms with Gasteiger partial charge in [0, 0.05) is 38.6 Å². The fourth-order valence-electron chi connectivity index (χ4n) is 6.06. The lowest BCUT2D eigenvalue weighted by molar-refractivity contribution is -0.160. The molecule has 0 radical (unpaired) electrons. The van der Waals surface area contributed by atoms with E-state index in [1.807, 2.05) is 23.1 Å². The number of hydrogen-bond donors (Lipinski definition) is 0. The fraction of sp³-hybridized carbons (Fsp3) is 0.273. The number of carbonyl (C=O) groups excluding carboxylic acids is 2. The first-order valence-electron chi connectivity index (χ1n) is 13.5. The van der Waals surface area contributed by atoms with Crippen LogP contribution in [-0.2, 0) is 16.1 Å². The van der Waals surface area contributed by atoms with E-state index in [0.717, 1.165) is 35.8 Å². The molecule has 5 heteroatoms. The zero-order chi connectivity index (χ0) is 25.9. The first kappa shape index (κ1) is 24.4. The third-order valence-electron chi connectivity index (χ3n) is 8.06. The van der Waals surface area contributed by atoms with Crippen LogP contribution >= 0.6 is 0 Å². The molecule has 2 heterocycles. The predicted molar refractivity (Wildman–Crippen MR) is 151 cm³/mol. The number of amides is 2. The van der Waals surface area contributed by atoms with E-state index in [9.17, 15) is 9.59 Å². The topological polar surface area (TPSA) is 43.9 Å². The highest BCUT2D eigenvalue weighted by atomic mass is 16.2. The highest BCUT2D eigenvalue weighted by molar-refractivity contribution is 5.95. The Kier molecular flexibility index (Phi) is 6.93. The van der Waals surface area contributed by atoms with Crippen LogP contribution in [0.5, 0.6) is 0 Å². The number of piperazine rings is 2. The van der Waals surface area contributed by atoms with Crippen molar-refractivity contribution in [3.63, 3.8) is 0 Å². The third kappa shape index (κ3) is 4.94. The average Bonchev–Trinajstić information content (AvgIpc) is 3.25. The normalized spacial score (nSPS) is 20.8. The lowest BCUT2D eigenvalue weighted by atomic mass is 9.88. The molecular weight excluding hydrogens is 470 g/mol. The van der Waals surface area contributed by atoms with Gasteiger partial charge in [-0.3, -0.25) is 14.5 Å². The van der Waals surface area contributed by atoms with Crippen LogP contribution < -0.4 is 0 Å². The van der Waals surface area contributed by atoms with Crippen molar-refractivity contribution < 1.29 is 9.59 Å². The molecule has 0 saturated carbocycles. The summed E-state index contributed by atoms with van der Waals surface area (Å²) in [6.45, 7) is 3.37. The van der Waals surface area contributed by atoms with E-state index >= 15 is 0 Å². The lowest BCUT2D eigenvalue weighted by Crippen LogP contribution is -2.66. The minimum absolute atomic E-state index is 0.0517. The number of allylic oxidation sites excluding steroid dienone is 5. The van der Waals surface area contributed by atoms with Gasteiger partial charge in [0.2, 0.25) is 11.8 Å². The Morgan fingerprint density at radius 1 is 0.842 bits per heavy atom. The molecule has 5 nitrogen and oxygen atoms in total. The van der Waals surface area contributed by atoms with Crippen molar-refractivity contribution in [3.8, 4) is 0 Å². The molecule has 192 valence electrons. The van der Waals surface area contributed by atoms with Crippen LogP contribution in [-0.4, -0.2) is 65.3 Å². The van der Waals surface area contributed by atoms with E-state index in [1.54, 1.807) is 4.90 Å². The van der Waals surface area contributed by atoms with Crippen molar-refractivity contribution in [1.29, 1.82) is 0 Å². The first-order chi connectivity index (χ1) is 18.7. The van der Waals surface area contributed by atoms with E-state index in [4.69, 9.17) is 0 Å². The molecule has 2 saturated heterocycles. The molecule has 38 heavy (non-hydrogen) atoms. The molecule has 2 fully saturated rings. The van der Waals surface area contributed by atoms with E-state index < -0.39 is 6.04 Å². The SMILES string of the molecule is O=C1C2CN(CC(C3=CC=CC=CC3)c3ccccc3)CCN2C(=O)CN1Cc1cccc2ccccc12. The molecule has 2 unspecified atom stereocenters. The summed E-state index contributed by atoms with van der Waals surface area (Å²) in [7, 11) is 0. The molecule has 2 aliphatic heterocycles. The third-order valence-corrected chi connectivity index (χ3v) is 8.06. The van der Waals surface area contributed by atoms with Crippen LogP contribution in [0.4, 0.5) is 0 Å². The Morgan fingerprint density at radius 2 is 1.66 bits per heavy atom. The summed E-state index contributed by atoms with van der Waals surface area (Å²) in [6.07, 6.45) is 11.6. The van der Waals surface area contributed by atoms with Crippen LogP contribution in [0.1, 0.15) is 23.5 Å². The second-order valence-corrected chi connectivity index (χ2v) is 10.4. The van der Waals surface area contributed by atoms with Crippen molar-refractivity contribution >= 4 is 22.6 Å². The predicted octanol–water partition coefficient (Wildman–Crippen LogP) is 4.92. The van der Waals surface area contributed by atoms with Gasteiger partial charge < -0.3 is 9.80 Å². The molecule has 2 amide bonds. The van der Waals surface area contributed by atoms with Gasteiger partial charge in [0.1, 0.15) is 12.6 Å². The standard InChI is InChI=1S/C33H33N3O2/c37-32-24-35(21-28-17-10-16-25-15-8-9-18-29(25)28)33(38)31-23-34(19-20-36(31)32)22-30(27-13-6-3-7-14-27)26-11-4-1-2-5-12-26/h1-11,13-18,30-31H,12,19-24H2. The van der Waals surface area contributed by atoms with E-state index in [1.165, 1.54) is 11.1 Å². The second kappa shape index (κ2) is 10.8. The van der Waals surface area contributed by atoms with Crippen LogP contribution in [0, 0.1) is 0 Å². The Bertz CT molecular complexity index is 1420. The Balaban J connectivity index is 1.22. The van der Waals surface area contributed by atoms with Crippen molar-refractivity contribution in [2.45, 2.75) is 24.9 Å². The highest BCUT2D eigenvalue weighted by Crippen LogP contribution is 2.31. The maximum Gasteiger partial charge on any atom is 0.247 e. The molecule has 6 rings (SSSR count). The van der Waals surface area contributed by atoms with Crippen molar-refractivity contribution in [3.05, 3.63) is 120 Å². The van der Waals surface area contributed by atoms with Gasteiger partial charge in [0.25, 0.3) is 0 Å². The van der Waals surface area contributed by atoms with Crippen molar-refractivity contribution in [2.75, 3.05) is 32.7 Å². The van der Waals surface area contributed by atoms with E-state index in [-0.39, 0.29) is 24.3 Å². The van der Waals surface area contributed by atoms with Crippen molar-refractivity contribution in [1.82, 2.24) is 14.7 Å². The van der Waals surface area contributed by atoms with Gasteiger partial charge in [0.05, 0.1) is 0 Å². The summed E-state index contributed by atoms with van der Waals surface area (Å²) in [6, 6.07) is 24.6. The lowest BCUT2D eigenvalue weighted by Gasteiger charge is -2.46. The van der Waals surface area contributed by atoms with Crippen LogP contribution in [0.15, 0.2) is 109 Å². The van der Waals surface area contributed by atoms with Crippen LogP contribution in [0.3, 0.4) is 0 Å². The number of rotatable bonds is 6. The fourth-order valence-corrected chi connectivity index (χ4v) is 6.06. The van der Waals surface area contributed by atoms with Crippen LogP contribution in [0.2, 0.25) is 0 Å². The van der Waals surface area contributed by atoms with Gasteiger partial charge in [-0.25, -0.2) is 0 Å². The number of benzene rings is 3. The molecule has 3 aromatic rings. The summed E-state index contributed by atoms with van der Waals surface area (Å²) in [4.78, 5) is 32.9. The molecule has 0 N–H and O–H groups in total. The number of hydrogen-bond acceptors (Lipinski definition) is 3. The first-order valence-corrected chi connectivity index (χ1v) is 13.5. The summed E-state index contributed by atoms with van der Waals surface area (Å²) < 4.78 is 0. The molecule has 0 aromatic heterocycles. The zero-order valence-corrected chi connectivity index (χ0v) is 21.6. The molecule has 3 aliphatic rings. The highest BCUT2D eigenvalue weighted by Gasteiger charge is 2.42. The molecular formula is C33H33N3O2. The smallest absolute Gasteiger partial charge is 0.247 e. The van der Waals surface area contributed by atoms with Gasteiger partial charge in [0.15, 0.2) is 0 Å². The maximum absolute atomic E-state index is 13.8. The van der Waals surface area contributed by atoms with Gasteiger partial charge in [-0.15, -0.1) is 0 Å². The summed E-state index contributed by atoms with van der Waals surface area (Å²) >= 11 is 0. The molecule has 3 aromatic carbocycles. The summed E-state index contributed by atoms with van der Waals surface area (Å²) in [5, 5.41) is 2.28. The monoisotopic (exact) mass is 503 g/mol. The number of carbonyl (C=O) groups is 2. The second-order valence-electron chi connectivity index (χ2n) is 10.4. The molecule has 0 bridgehead atoms. The minimum Gasteiger partial charge on any atom is -0.327 e. The van der Waals surface area contributed by atoms with E-state index in [2.05, 4.69) is 89.9 Å². The minimum atomic E-state index is -0.431. The largest absolute Gasteiger partial charge is 0.327 e. The quantitative estimate of drug-likeness (QED) is 0.480. The molecule has 2 atom stereocenters. The van der Waals surface area contributed by atoms with Gasteiger partial charge in [-0.05, 0) is 28.3 Å². The number of nitrogens with zero attached hydrogens (tertiary/aromatic N) is 3. The van der Waals surface area contributed by atoms with Crippen molar-refractivity contribution in [2.24, 2.45) is 0 Å².